The van der Waals surface area contributed by atoms with Gasteiger partial charge in [-0.1, -0.05) is 27.2 Å². The molecule has 4 heteroatoms. The molecule has 0 saturated heterocycles. The lowest BCUT2D eigenvalue weighted by molar-refractivity contribution is 0.751. The summed E-state index contributed by atoms with van der Waals surface area (Å²) in [5, 5.41) is 0. The van der Waals surface area contributed by atoms with Crippen LogP contribution in [0.3, 0.4) is 0 Å². The molecule has 18 heavy (non-hydrogen) atoms. The van der Waals surface area contributed by atoms with Gasteiger partial charge in [0.2, 0.25) is 0 Å². The highest BCUT2D eigenvalue weighted by atomic mass is 15.0. The molecule has 0 bridgehead atoms. The van der Waals surface area contributed by atoms with E-state index in [-0.39, 0.29) is 0 Å². The van der Waals surface area contributed by atoms with Crippen molar-refractivity contribution in [2.45, 2.75) is 47.0 Å². The number of hydrogen-bond acceptors (Lipinski definition) is 4. The minimum absolute atomic E-state index is 0.698. The van der Waals surface area contributed by atoms with Crippen molar-refractivity contribution in [2.24, 2.45) is 9.98 Å². The van der Waals surface area contributed by atoms with Crippen molar-refractivity contribution in [3.8, 4) is 0 Å². The van der Waals surface area contributed by atoms with E-state index < -0.39 is 0 Å². The van der Waals surface area contributed by atoms with Crippen LogP contribution in [0.5, 0.6) is 0 Å². The Morgan fingerprint density at radius 3 is 2.67 bits per heavy atom. The topological polar surface area (TPSA) is 50.5 Å². The van der Waals surface area contributed by atoms with Gasteiger partial charge in [0.1, 0.15) is 11.5 Å². The van der Waals surface area contributed by atoms with Gasteiger partial charge in [-0.3, -0.25) is 4.99 Å². The molecule has 0 aliphatic carbocycles. The third-order valence-corrected chi connectivity index (χ3v) is 2.44. The molecule has 0 aromatic carbocycles. The highest BCUT2D eigenvalue weighted by Crippen LogP contribution is 2.06. The highest BCUT2D eigenvalue weighted by molar-refractivity contribution is 6.09. The molecule has 1 aromatic heterocycles. The van der Waals surface area contributed by atoms with E-state index in [0.29, 0.717) is 6.54 Å². The molecular formula is C14H22N4. The molecule has 0 saturated carbocycles. The fourth-order valence-corrected chi connectivity index (χ4v) is 1.56. The summed E-state index contributed by atoms with van der Waals surface area (Å²) in [7, 11) is 0. The van der Waals surface area contributed by atoms with Gasteiger partial charge < -0.3 is 0 Å². The number of aryl methyl sites for hydroxylation is 1. The van der Waals surface area contributed by atoms with E-state index in [1.165, 1.54) is 0 Å². The Morgan fingerprint density at radius 2 is 2.06 bits per heavy atom. The molecule has 1 aromatic rings. The van der Waals surface area contributed by atoms with Crippen LogP contribution < -0.4 is 0 Å². The molecule has 0 N–H and O–H groups in total. The van der Waals surface area contributed by atoms with E-state index in [0.717, 1.165) is 42.3 Å². The largest absolute Gasteiger partial charge is 0.259 e. The summed E-state index contributed by atoms with van der Waals surface area (Å²) in [6, 6.07) is 1.87. The Bertz CT molecular complexity index is 435. The summed E-state index contributed by atoms with van der Waals surface area (Å²) in [6.45, 7) is 8.85. The van der Waals surface area contributed by atoms with Crippen molar-refractivity contribution in [3.63, 3.8) is 0 Å². The summed E-state index contributed by atoms with van der Waals surface area (Å²) in [5.74, 6) is 1.64. The zero-order valence-corrected chi connectivity index (χ0v) is 11.8. The van der Waals surface area contributed by atoms with E-state index >= 15 is 0 Å². The zero-order valence-electron chi connectivity index (χ0n) is 11.8. The zero-order chi connectivity index (χ0) is 13.4. The summed E-state index contributed by atoms with van der Waals surface area (Å²) in [6.07, 6.45) is 5.00. The first-order valence-electron chi connectivity index (χ1n) is 6.70. The number of amidine groups is 1. The SMILES string of the molecule is CC.CCCCc1nccc(C2=NCC(C)=N2)n1. The lowest BCUT2D eigenvalue weighted by Gasteiger charge is -2.01. The number of unbranched alkanes of at least 4 members (excludes halogenated alkanes) is 1. The second kappa shape index (κ2) is 7.69. The van der Waals surface area contributed by atoms with Crippen molar-refractivity contribution in [1.29, 1.82) is 0 Å². The summed E-state index contributed by atoms with van der Waals surface area (Å²) in [4.78, 5) is 17.4. The molecule has 1 aliphatic heterocycles. The lowest BCUT2D eigenvalue weighted by Crippen LogP contribution is -2.03. The van der Waals surface area contributed by atoms with Crippen LogP contribution in [0.25, 0.3) is 0 Å². The van der Waals surface area contributed by atoms with Gasteiger partial charge in [-0.15, -0.1) is 0 Å². The molecule has 0 atom stereocenters. The summed E-state index contributed by atoms with van der Waals surface area (Å²) >= 11 is 0. The fourth-order valence-electron chi connectivity index (χ4n) is 1.56. The number of aromatic nitrogens is 2. The van der Waals surface area contributed by atoms with Crippen LogP contribution >= 0.6 is 0 Å². The summed E-state index contributed by atoms with van der Waals surface area (Å²) in [5.41, 5.74) is 1.89. The maximum absolute atomic E-state index is 4.48. The normalized spacial score (nSPS) is 13.6. The molecule has 0 spiro atoms. The number of nitrogens with zero attached hydrogens (tertiary/aromatic N) is 4. The Morgan fingerprint density at radius 1 is 1.28 bits per heavy atom. The van der Waals surface area contributed by atoms with Gasteiger partial charge in [0, 0.05) is 18.3 Å². The molecule has 0 radical (unpaired) electrons. The smallest absolute Gasteiger partial charge is 0.174 e. The Hall–Kier alpha value is -1.58. The van der Waals surface area contributed by atoms with Crippen LogP contribution in [0.4, 0.5) is 0 Å². The lowest BCUT2D eigenvalue weighted by atomic mass is 10.2. The van der Waals surface area contributed by atoms with Gasteiger partial charge in [0.25, 0.3) is 0 Å². The van der Waals surface area contributed by atoms with Gasteiger partial charge in [0.05, 0.1) is 6.54 Å². The maximum atomic E-state index is 4.48. The van der Waals surface area contributed by atoms with E-state index in [2.05, 4.69) is 26.9 Å². The highest BCUT2D eigenvalue weighted by Gasteiger charge is 2.10. The molecule has 2 heterocycles. The van der Waals surface area contributed by atoms with Crippen LogP contribution in [-0.2, 0) is 6.42 Å². The van der Waals surface area contributed by atoms with Gasteiger partial charge in [-0.25, -0.2) is 15.0 Å². The molecule has 1 aliphatic rings. The van der Waals surface area contributed by atoms with E-state index in [1.54, 1.807) is 6.20 Å². The van der Waals surface area contributed by atoms with Gasteiger partial charge in [-0.2, -0.15) is 0 Å². The van der Waals surface area contributed by atoms with Crippen molar-refractivity contribution >= 4 is 11.5 Å². The second-order valence-corrected chi connectivity index (χ2v) is 3.95. The van der Waals surface area contributed by atoms with Crippen LogP contribution in [0, 0.1) is 0 Å². The number of rotatable bonds is 4. The van der Waals surface area contributed by atoms with Crippen LogP contribution in [-0.4, -0.2) is 28.1 Å². The second-order valence-electron chi connectivity index (χ2n) is 3.95. The van der Waals surface area contributed by atoms with Crippen molar-refractivity contribution in [2.75, 3.05) is 6.54 Å². The average molecular weight is 246 g/mol. The number of hydrogen-bond donors (Lipinski definition) is 0. The molecule has 0 unspecified atom stereocenters. The van der Waals surface area contributed by atoms with Gasteiger partial charge in [-0.05, 0) is 19.4 Å². The van der Waals surface area contributed by atoms with Crippen LogP contribution in [0.1, 0.15) is 52.1 Å². The Kier molecular flexibility index (Phi) is 6.19. The molecule has 98 valence electrons. The number of aliphatic imine (C=N–C) groups is 2. The predicted molar refractivity (Wildman–Crippen MR) is 76.5 cm³/mol. The summed E-state index contributed by atoms with van der Waals surface area (Å²) < 4.78 is 0. The monoisotopic (exact) mass is 246 g/mol. The average Bonchev–Trinajstić information content (AvgIpc) is 2.86. The van der Waals surface area contributed by atoms with Crippen LogP contribution in [0.15, 0.2) is 22.2 Å². The predicted octanol–water partition coefficient (Wildman–Crippen LogP) is 3.07. The molecule has 4 nitrogen and oxygen atoms in total. The van der Waals surface area contributed by atoms with Gasteiger partial charge in [0.15, 0.2) is 5.84 Å². The molecule has 0 amide bonds. The van der Waals surface area contributed by atoms with Crippen molar-refractivity contribution < 1.29 is 0 Å². The fraction of sp³-hybridized carbons (Fsp3) is 0.571. The standard InChI is InChI=1S/C12H16N4.C2H6/c1-3-4-5-11-13-7-6-10(16-11)12-14-8-9(2)15-12;1-2/h6-7H,3-5,8H2,1-2H3;1-2H3. The molecule has 0 fully saturated rings. The molecular weight excluding hydrogens is 224 g/mol. The van der Waals surface area contributed by atoms with E-state index in [9.17, 15) is 0 Å². The van der Waals surface area contributed by atoms with E-state index in [1.807, 2.05) is 26.8 Å². The first kappa shape index (κ1) is 14.5. The van der Waals surface area contributed by atoms with E-state index in [4.69, 9.17) is 0 Å². The third kappa shape index (κ3) is 4.02. The first-order valence-corrected chi connectivity index (χ1v) is 6.70. The van der Waals surface area contributed by atoms with Crippen LogP contribution in [0.2, 0.25) is 0 Å². The minimum atomic E-state index is 0.698. The quantitative estimate of drug-likeness (QED) is 0.819. The van der Waals surface area contributed by atoms with Gasteiger partial charge >= 0.3 is 0 Å². The van der Waals surface area contributed by atoms with Crippen molar-refractivity contribution in [1.82, 2.24) is 9.97 Å². The minimum Gasteiger partial charge on any atom is -0.259 e. The Balaban J connectivity index is 0.000000771. The third-order valence-electron chi connectivity index (χ3n) is 2.44. The molecule has 2 rings (SSSR count). The first-order chi connectivity index (χ1) is 8.79. The Labute approximate surface area is 109 Å². The maximum Gasteiger partial charge on any atom is 0.174 e. The van der Waals surface area contributed by atoms with Crippen molar-refractivity contribution in [3.05, 3.63) is 23.8 Å².